The number of carbonyl (C=O) groups is 1. The first-order valence-corrected chi connectivity index (χ1v) is 5.02. The number of ketones is 1. The van der Waals surface area contributed by atoms with Crippen molar-refractivity contribution in [3.63, 3.8) is 0 Å². The largest absolute Gasteiger partial charge is 0.508 e. The second-order valence-electron chi connectivity index (χ2n) is 3.49. The number of carbonyl (C=O) groups excluding carboxylic acids is 1. The van der Waals surface area contributed by atoms with Crippen LogP contribution in [0.25, 0.3) is 0 Å². The lowest BCUT2D eigenvalue weighted by atomic mass is 10.0. The summed E-state index contributed by atoms with van der Waals surface area (Å²) < 4.78 is 0. The average molecular weight is 229 g/mol. The highest BCUT2D eigenvalue weighted by Crippen LogP contribution is 2.21. The molecule has 4 nitrogen and oxygen atoms in total. The van der Waals surface area contributed by atoms with Crippen molar-refractivity contribution in [3.05, 3.63) is 59.7 Å². The van der Waals surface area contributed by atoms with Gasteiger partial charge in [-0.05, 0) is 36.4 Å². The molecule has 0 bridgehead atoms. The quantitative estimate of drug-likeness (QED) is 0.622. The Morgan fingerprint density at radius 3 is 2.35 bits per heavy atom. The monoisotopic (exact) mass is 229 g/mol. The summed E-state index contributed by atoms with van der Waals surface area (Å²) in [7, 11) is 0. The zero-order chi connectivity index (χ0) is 12.3. The van der Waals surface area contributed by atoms with Gasteiger partial charge in [0, 0.05) is 5.56 Å². The van der Waals surface area contributed by atoms with Crippen LogP contribution < -0.4 is 10.7 Å². The number of rotatable bonds is 3. The number of hydrogen-bond donors (Lipinski definition) is 2. The van der Waals surface area contributed by atoms with E-state index in [9.17, 15) is 4.79 Å². The molecule has 4 heteroatoms. The van der Waals surface area contributed by atoms with E-state index in [4.69, 9.17) is 11.0 Å². The van der Waals surface area contributed by atoms with E-state index in [0.29, 0.717) is 16.9 Å². The Kier molecular flexibility index (Phi) is 3.07. The van der Waals surface area contributed by atoms with Crippen LogP contribution in [0.15, 0.2) is 48.5 Å². The summed E-state index contributed by atoms with van der Waals surface area (Å²) in [6.45, 7) is 0. The number of phenols is 1. The van der Waals surface area contributed by atoms with Crippen LogP contribution in [-0.2, 0) is 0 Å². The first-order valence-electron chi connectivity index (χ1n) is 5.02. The van der Waals surface area contributed by atoms with E-state index in [1.165, 1.54) is 12.1 Å². The highest BCUT2D eigenvalue weighted by atomic mass is 16.6. The second-order valence-corrected chi connectivity index (χ2v) is 3.49. The summed E-state index contributed by atoms with van der Waals surface area (Å²) in [5, 5.41) is 9.15. The van der Waals surface area contributed by atoms with Gasteiger partial charge < -0.3 is 9.94 Å². The Bertz CT molecular complexity index is 535. The molecule has 0 aliphatic rings. The molecule has 86 valence electrons. The summed E-state index contributed by atoms with van der Waals surface area (Å²) in [6.07, 6.45) is 0. The Hall–Kier alpha value is -2.33. The van der Waals surface area contributed by atoms with Crippen LogP contribution in [0, 0.1) is 0 Å². The van der Waals surface area contributed by atoms with Gasteiger partial charge in [0.2, 0.25) is 0 Å². The minimum atomic E-state index is -0.203. The fourth-order valence-corrected chi connectivity index (χ4v) is 1.53. The van der Waals surface area contributed by atoms with Crippen LogP contribution in [0.2, 0.25) is 0 Å². The molecule has 0 unspecified atom stereocenters. The Morgan fingerprint density at radius 2 is 1.71 bits per heavy atom. The molecule has 2 rings (SSSR count). The number of para-hydroxylation sites is 1. The SMILES string of the molecule is NOc1ccccc1C(=O)c1ccc(O)cc1. The standard InChI is InChI=1S/C13H11NO3/c14-17-12-4-2-1-3-11(12)13(16)9-5-7-10(15)8-6-9/h1-8,15H,14H2. The van der Waals surface area contributed by atoms with Gasteiger partial charge >= 0.3 is 0 Å². The van der Waals surface area contributed by atoms with E-state index in [2.05, 4.69) is 4.84 Å². The molecule has 0 spiro atoms. The fourth-order valence-electron chi connectivity index (χ4n) is 1.53. The van der Waals surface area contributed by atoms with Gasteiger partial charge in [0.05, 0.1) is 5.56 Å². The normalized spacial score (nSPS) is 9.94. The van der Waals surface area contributed by atoms with Gasteiger partial charge in [-0.3, -0.25) is 4.79 Å². The molecule has 0 aliphatic heterocycles. The highest BCUT2D eigenvalue weighted by Gasteiger charge is 2.13. The summed E-state index contributed by atoms with van der Waals surface area (Å²) in [5.74, 6) is 5.34. The van der Waals surface area contributed by atoms with Crippen molar-refractivity contribution in [2.24, 2.45) is 5.90 Å². The van der Waals surface area contributed by atoms with E-state index >= 15 is 0 Å². The lowest BCUT2D eigenvalue weighted by Gasteiger charge is -2.06. The molecule has 0 amide bonds. The predicted octanol–water partition coefficient (Wildman–Crippen LogP) is 1.88. The van der Waals surface area contributed by atoms with Crippen LogP contribution in [0.4, 0.5) is 0 Å². The minimum absolute atomic E-state index is 0.116. The summed E-state index contributed by atoms with van der Waals surface area (Å²) in [5.41, 5.74) is 0.855. The van der Waals surface area contributed by atoms with E-state index in [1.807, 2.05) is 0 Å². The molecule has 0 aromatic heterocycles. The number of phenolic OH excluding ortho intramolecular Hbond substituents is 1. The van der Waals surface area contributed by atoms with E-state index in [0.717, 1.165) is 0 Å². The first kappa shape index (κ1) is 11.2. The van der Waals surface area contributed by atoms with Crippen LogP contribution in [0.5, 0.6) is 11.5 Å². The topological polar surface area (TPSA) is 72.5 Å². The lowest BCUT2D eigenvalue weighted by Crippen LogP contribution is -2.09. The van der Waals surface area contributed by atoms with Gasteiger partial charge in [-0.1, -0.05) is 12.1 Å². The molecule has 0 heterocycles. The zero-order valence-corrected chi connectivity index (χ0v) is 8.96. The van der Waals surface area contributed by atoms with Crippen molar-refractivity contribution in [1.82, 2.24) is 0 Å². The molecule has 0 atom stereocenters. The number of nitrogens with two attached hydrogens (primary N) is 1. The summed E-state index contributed by atoms with van der Waals surface area (Å²) >= 11 is 0. The van der Waals surface area contributed by atoms with Crippen molar-refractivity contribution >= 4 is 5.78 Å². The maximum absolute atomic E-state index is 12.1. The lowest BCUT2D eigenvalue weighted by molar-refractivity contribution is 0.103. The van der Waals surface area contributed by atoms with E-state index in [1.54, 1.807) is 36.4 Å². The molecule has 0 fully saturated rings. The minimum Gasteiger partial charge on any atom is -0.508 e. The Balaban J connectivity index is 2.40. The second kappa shape index (κ2) is 4.67. The van der Waals surface area contributed by atoms with Gasteiger partial charge in [-0.25, -0.2) is 0 Å². The van der Waals surface area contributed by atoms with Crippen molar-refractivity contribution in [2.45, 2.75) is 0 Å². The van der Waals surface area contributed by atoms with Gasteiger partial charge in [0.1, 0.15) is 5.75 Å². The number of benzene rings is 2. The molecule has 0 saturated heterocycles. The maximum Gasteiger partial charge on any atom is 0.196 e. The van der Waals surface area contributed by atoms with Crippen molar-refractivity contribution in [3.8, 4) is 11.5 Å². The van der Waals surface area contributed by atoms with Gasteiger partial charge in [0.25, 0.3) is 0 Å². The summed E-state index contributed by atoms with van der Waals surface area (Å²) in [6, 6.07) is 12.7. The van der Waals surface area contributed by atoms with E-state index in [-0.39, 0.29) is 11.5 Å². The van der Waals surface area contributed by atoms with Crippen LogP contribution in [0.1, 0.15) is 15.9 Å². The highest BCUT2D eigenvalue weighted by molar-refractivity contribution is 6.10. The van der Waals surface area contributed by atoms with Crippen molar-refractivity contribution in [2.75, 3.05) is 0 Å². The average Bonchev–Trinajstić information content (AvgIpc) is 2.39. The number of aromatic hydroxyl groups is 1. The number of hydrogen-bond acceptors (Lipinski definition) is 4. The van der Waals surface area contributed by atoms with E-state index < -0.39 is 0 Å². The molecule has 2 aromatic rings. The molecule has 17 heavy (non-hydrogen) atoms. The molecular weight excluding hydrogens is 218 g/mol. The third-order valence-electron chi connectivity index (χ3n) is 2.39. The Labute approximate surface area is 98.2 Å². The Morgan fingerprint density at radius 1 is 1.06 bits per heavy atom. The summed E-state index contributed by atoms with van der Waals surface area (Å²) in [4.78, 5) is 16.8. The molecule has 3 N–H and O–H groups in total. The maximum atomic E-state index is 12.1. The van der Waals surface area contributed by atoms with Gasteiger partial charge in [0.15, 0.2) is 11.5 Å². The first-order chi connectivity index (χ1) is 8.22. The third kappa shape index (κ3) is 2.26. The van der Waals surface area contributed by atoms with Gasteiger partial charge in [-0.15, -0.1) is 0 Å². The smallest absolute Gasteiger partial charge is 0.196 e. The van der Waals surface area contributed by atoms with Gasteiger partial charge in [-0.2, -0.15) is 5.90 Å². The van der Waals surface area contributed by atoms with Crippen LogP contribution in [0.3, 0.4) is 0 Å². The zero-order valence-electron chi connectivity index (χ0n) is 8.96. The molecule has 0 radical (unpaired) electrons. The van der Waals surface area contributed by atoms with Crippen molar-refractivity contribution < 1.29 is 14.7 Å². The molecule has 0 aliphatic carbocycles. The van der Waals surface area contributed by atoms with Crippen LogP contribution in [-0.4, -0.2) is 10.9 Å². The fraction of sp³-hybridized carbons (Fsp3) is 0. The van der Waals surface area contributed by atoms with Crippen LogP contribution >= 0.6 is 0 Å². The predicted molar refractivity (Wildman–Crippen MR) is 62.8 cm³/mol. The van der Waals surface area contributed by atoms with Crippen molar-refractivity contribution in [1.29, 1.82) is 0 Å². The molecule has 0 saturated carbocycles. The molecular formula is C13H11NO3. The third-order valence-corrected chi connectivity index (χ3v) is 2.39. The molecule has 2 aromatic carbocycles.